The highest BCUT2D eigenvalue weighted by Crippen LogP contribution is 2.37. The van der Waals surface area contributed by atoms with E-state index in [1.165, 1.54) is 12.8 Å². The molecular weight excluding hydrogens is 516 g/mol. The molecule has 9 heteroatoms. The fourth-order valence-electron chi connectivity index (χ4n) is 6.13. The number of allylic oxidation sites excluding steroid dienone is 2. The molecule has 1 saturated carbocycles. The average molecular weight is 565 g/mol. The van der Waals surface area contributed by atoms with Crippen molar-refractivity contribution in [2.24, 2.45) is 16.6 Å². The van der Waals surface area contributed by atoms with Crippen LogP contribution in [0, 0.1) is 5.92 Å². The van der Waals surface area contributed by atoms with Crippen LogP contribution in [0.3, 0.4) is 0 Å². The van der Waals surface area contributed by atoms with Crippen LogP contribution in [-0.2, 0) is 4.74 Å². The Hall–Kier alpha value is -3.30. The Labute approximate surface area is 245 Å². The van der Waals surface area contributed by atoms with Gasteiger partial charge in [0.05, 0.1) is 29.9 Å². The number of methoxy groups -OCH3 is 1. The van der Waals surface area contributed by atoms with Gasteiger partial charge in [-0.25, -0.2) is 4.79 Å². The van der Waals surface area contributed by atoms with Gasteiger partial charge in [-0.3, -0.25) is 15.2 Å². The highest BCUT2D eigenvalue weighted by Gasteiger charge is 2.32. The molecule has 1 amide bonds. The van der Waals surface area contributed by atoms with Crippen LogP contribution in [-0.4, -0.2) is 79.0 Å². The van der Waals surface area contributed by atoms with E-state index in [4.69, 9.17) is 15.2 Å². The average Bonchev–Trinajstić information content (AvgIpc) is 2.97. The number of nitrogens with zero attached hydrogens (tertiary/aromatic N) is 4. The second-order valence-corrected chi connectivity index (χ2v) is 11.5. The number of ether oxygens (including phenoxy) is 2. The summed E-state index contributed by atoms with van der Waals surface area (Å²) < 4.78 is 11.0. The van der Waals surface area contributed by atoms with E-state index in [1.54, 1.807) is 13.2 Å². The monoisotopic (exact) mass is 564 g/mol. The van der Waals surface area contributed by atoms with Crippen LogP contribution >= 0.6 is 0 Å². The molecule has 4 rings (SSSR count). The Morgan fingerprint density at radius 1 is 1.20 bits per heavy atom. The van der Waals surface area contributed by atoms with Crippen LogP contribution in [0.5, 0.6) is 5.75 Å². The van der Waals surface area contributed by atoms with Gasteiger partial charge in [0.15, 0.2) is 0 Å². The molecule has 1 aromatic rings. The van der Waals surface area contributed by atoms with Gasteiger partial charge in [-0.15, -0.1) is 0 Å². The van der Waals surface area contributed by atoms with Crippen LogP contribution in [0.25, 0.3) is 5.70 Å². The van der Waals surface area contributed by atoms with E-state index in [-0.39, 0.29) is 6.10 Å². The number of anilines is 1. The summed E-state index contributed by atoms with van der Waals surface area (Å²) >= 11 is 0. The van der Waals surface area contributed by atoms with Crippen molar-refractivity contribution in [1.29, 1.82) is 0 Å². The fraction of sp³-hybridized carbons (Fsp3) is 0.562. The third-order valence-electron chi connectivity index (χ3n) is 8.61. The molecule has 9 nitrogen and oxygen atoms in total. The first kappa shape index (κ1) is 30.7. The topological polar surface area (TPSA) is 95.7 Å². The number of aliphatic imine (C=N–C) groups is 1. The zero-order valence-electron chi connectivity index (χ0n) is 25.5. The van der Waals surface area contributed by atoms with Crippen LogP contribution in [0.4, 0.5) is 10.5 Å². The number of nitrogens with one attached hydrogen (secondary N) is 1. The summed E-state index contributed by atoms with van der Waals surface area (Å²) in [6.45, 7) is 15.1. The highest BCUT2D eigenvalue weighted by molar-refractivity contribution is 6.05. The summed E-state index contributed by atoms with van der Waals surface area (Å²) in [6, 6.07) is 6.17. The van der Waals surface area contributed by atoms with Crippen LogP contribution < -0.4 is 15.8 Å². The third-order valence-corrected chi connectivity index (χ3v) is 8.61. The molecule has 3 aliphatic rings. The Kier molecular flexibility index (Phi) is 10.5. The lowest BCUT2D eigenvalue weighted by Gasteiger charge is -2.42. The van der Waals surface area contributed by atoms with E-state index in [9.17, 15) is 4.79 Å². The van der Waals surface area contributed by atoms with Crippen molar-refractivity contribution in [2.75, 3.05) is 45.7 Å². The zero-order chi connectivity index (χ0) is 29.5. The van der Waals surface area contributed by atoms with Crippen LogP contribution in [0.2, 0.25) is 0 Å². The molecule has 2 aliphatic heterocycles. The molecule has 0 radical (unpaired) electrons. The highest BCUT2D eigenvalue weighted by atomic mass is 16.6. The van der Waals surface area contributed by atoms with Crippen LogP contribution in [0.1, 0.15) is 64.9 Å². The largest absolute Gasteiger partial charge is 0.495 e. The molecule has 0 spiro atoms. The van der Waals surface area contributed by atoms with Crippen molar-refractivity contribution in [3.63, 3.8) is 0 Å². The number of rotatable bonds is 9. The SMILES string of the molecule is C=C([C@H]1CC[C@H](N2CCN(C)CC2)CC1)N1C=CN=C(C)/C1=C(/N)c1ccc(NC(=O)O[C@@H](C)CCC)c(OC)c1. The Balaban J connectivity index is 1.48. The fourth-order valence-corrected chi connectivity index (χ4v) is 6.13. The molecule has 1 atom stereocenters. The van der Waals surface area contributed by atoms with Gasteiger partial charge in [-0.1, -0.05) is 26.0 Å². The Morgan fingerprint density at radius 3 is 2.56 bits per heavy atom. The number of carbonyl (C=O) groups is 1. The van der Waals surface area contributed by atoms with E-state index in [1.807, 2.05) is 38.4 Å². The first-order valence-electron chi connectivity index (χ1n) is 15.0. The normalized spacial score (nSPS) is 23.9. The number of carbonyl (C=O) groups excluding carboxylic acids is 1. The van der Waals surface area contributed by atoms with E-state index in [0.717, 1.165) is 74.5 Å². The minimum Gasteiger partial charge on any atom is -0.495 e. The predicted octanol–water partition coefficient (Wildman–Crippen LogP) is 5.63. The molecule has 3 N–H and O–H groups in total. The Bertz CT molecular complexity index is 1180. The maximum Gasteiger partial charge on any atom is 0.412 e. The maximum absolute atomic E-state index is 12.4. The molecule has 1 saturated heterocycles. The lowest BCUT2D eigenvalue weighted by molar-refractivity contribution is 0.0830. The van der Waals surface area contributed by atoms with Crippen molar-refractivity contribution in [3.05, 3.63) is 54.1 Å². The molecule has 1 aliphatic carbocycles. The summed E-state index contributed by atoms with van der Waals surface area (Å²) in [5, 5.41) is 2.80. The number of hydrogen-bond acceptors (Lipinski definition) is 8. The number of amides is 1. The van der Waals surface area contributed by atoms with Gasteiger partial charge in [0, 0.05) is 55.9 Å². The van der Waals surface area contributed by atoms with E-state index >= 15 is 0 Å². The second kappa shape index (κ2) is 14.0. The van der Waals surface area contributed by atoms with Gasteiger partial charge >= 0.3 is 6.09 Å². The molecule has 2 heterocycles. The maximum atomic E-state index is 12.4. The standard InChI is InChI=1S/C32H48N6O3/c1-7-8-22(2)41-32(39)35-28-14-11-26(21-29(28)40-6)30(33)31-23(3)34-15-16-38(31)24(4)25-9-12-27(13-10-25)37-19-17-36(5)18-20-37/h11,14-16,21-22,25,27H,4,7-10,12-13,17-20,33H2,1-3,5-6H3,(H,35,39)/b31-30-/t22-,25-,27-/m0/s1. The second-order valence-electron chi connectivity index (χ2n) is 11.5. The van der Waals surface area contributed by atoms with E-state index in [0.29, 0.717) is 29.1 Å². The molecule has 0 unspecified atom stereocenters. The first-order valence-corrected chi connectivity index (χ1v) is 15.0. The summed E-state index contributed by atoms with van der Waals surface area (Å²) in [4.78, 5) is 24.2. The van der Waals surface area contributed by atoms with Gasteiger partial charge < -0.3 is 25.0 Å². The number of piperazine rings is 1. The van der Waals surface area contributed by atoms with E-state index < -0.39 is 6.09 Å². The number of likely N-dealkylation sites (N-methyl/N-ethyl adjacent to an activating group) is 1. The third kappa shape index (κ3) is 7.51. The summed E-state index contributed by atoms with van der Waals surface area (Å²) in [5.41, 5.74) is 11.4. The number of hydrogen-bond donors (Lipinski definition) is 2. The van der Waals surface area contributed by atoms with E-state index in [2.05, 4.69) is 45.6 Å². The molecule has 0 bridgehead atoms. The molecule has 2 fully saturated rings. The summed E-state index contributed by atoms with van der Waals surface area (Å²) in [5.74, 6) is 0.888. The van der Waals surface area contributed by atoms with Gasteiger partial charge in [0.2, 0.25) is 0 Å². The molecule has 41 heavy (non-hydrogen) atoms. The van der Waals surface area contributed by atoms with Crippen molar-refractivity contribution in [3.8, 4) is 5.75 Å². The number of nitrogens with two attached hydrogens (primary N) is 1. The van der Waals surface area contributed by atoms with Gasteiger partial charge in [0.25, 0.3) is 0 Å². The van der Waals surface area contributed by atoms with Crippen molar-refractivity contribution >= 4 is 23.2 Å². The zero-order valence-corrected chi connectivity index (χ0v) is 25.5. The summed E-state index contributed by atoms with van der Waals surface area (Å²) in [6.07, 6.45) is 9.48. The van der Waals surface area contributed by atoms with Crippen molar-refractivity contribution in [2.45, 2.75) is 71.4 Å². The minimum atomic E-state index is -0.506. The van der Waals surface area contributed by atoms with Crippen LogP contribution in [0.15, 0.2) is 53.6 Å². The smallest absolute Gasteiger partial charge is 0.412 e. The van der Waals surface area contributed by atoms with Gasteiger partial charge in [0.1, 0.15) is 11.9 Å². The first-order chi connectivity index (χ1) is 19.7. The van der Waals surface area contributed by atoms with Crippen molar-refractivity contribution in [1.82, 2.24) is 14.7 Å². The Morgan fingerprint density at radius 2 is 1.90 bits per heavy atom. The molecular formula is C32H48N6O3. The summed E-state index contributed by atoms with van der Waals surface area (Å²) in [7, 11) is 3.78. The predicted molar refractivity (Wildman–Crippen MR) is 167 cm³/mol. The van der Waals surface area contributed by atoms with Gasteiger partial charge in [-0.2, -0.15) is 0 Å². The minimum absolute atomic E-state index is 0.159. The molecule has 224 valence electrons. The quantitative estimate of drug-likeness (QED) is 0.402. The van der Waals surface area contributed by atoms with Gasteiger partial charge in [-0.05, 0) is 71.0 Å². The molecule has 1 aromatic carbocycles. The lowest BCUT2D eigenvalue weighted by atomic mass is 9.82. The number of benzene rings is 1. The molecule has 0 aromatic heterocycles. The lowest BCUT2D eigenvalue weighted by Crippen LogP contribution is -2.50. The van der Waals surface area contributed by atoms with Crippen molar-refractivity contribution < 1.29 is 14.3 Å².